The molecule has 19 heavy (non-hydrogen) atoms. The van der Waals surface area contributed by atoms with Gasteiger partial charge in [0.2, 0.25) is 0 Å². The first kappa shape index (κ1) is 13.5. The Hall–Kier alpha value is -1.95. The molecule has 0 aliphatic carbocycles. The van der Waals surface area contributed by atoms with E-state index in [-0.39, 0.29) is 5.56 Å². The Morgan fingerprint density at radius 3 is 2.63 bits per heavy atom. The molecule has 98 valence electrons. The highest BCUT2D eigenvalue weighted by Crippen LogP contribution is 2.16. The molecule has 0 aliphatic rings. The van der Waals surface area contributed by atoms with Crippen molar-refractivity contribution in [3.63, 3.8) is 0 Å². The number of nitrogens with zero attached hydrogens (tertiary/aromatic N) is 1. The highest BCUT2D eigenvalue weighted by atomic mass is 79.9. The van der Waals surface area contributed by atoms with Crippen LogP contribution in [0.15, 0.2) is 33.5 Å². The van der Waals surface area contributed by atoms with Crippen molar-refractivity contribution >= 4 is 27.7 Å². The molecule has 0 saturated heterocycles. The summed E-state index contributed by atoms with van der Waals surface area (Å²) in [6.07, 6.45) is 0. The monoisotopic (exact) mass is 321 g/mol. The second-order valence-electron chi connectivity index (χ2n) is 4.10. The summed E-state index contributed by atoms with van der Waals surface area (Å²) in [7, 11) is 0. The molecule has 6 heteroatoms. The molecule has 2 N–H and O–H groups in total. The lowest BCUT2D eigenvalue weighted by molar-refractivity contribution is 0.102. The van der Waals surface area contributed by atoms with Crippen molar-refractivity contribution in [1.82, 2.24) is 9.97 Å². The molecule has 0 aliphatic heterocycles. The van der Waals surface area contributed by atoms with Crippen LogP contribution in [0.25, 0.3) is 0 Å². The number of rotatable bonds is 2. The Bertz CT molecular complexity index is 695. The summed E-state index contributed by atoms with van der Waals surface area (Å²) in [5, 5.41) is 2.60. The maximum absolute atomic E-state index is 12.0. The van der Waals surface area contributed by atoms with Gasteiger partial charge in [0.15, 0.2) is 0 Å². The third-order valence-corrected chi connectivity index (χ3v) is 3.40. The molecule has 0 radical (unpaired) electrons. The molecule has 2 aromatic rings. The minimum atomic E-state index is -0.476. The van der Waals surface area contributed by atoms with Crippen molar-refractivity contribution in [3.8, 4) is 0 Å². The van der Waals surface area contributed by atoms with Gasteiger partial charge in [-0.3, -0.25) is 9.59 Å². The average molecular weight is 322 g/mol. The summed E-state index contributed by atoms with van der Waals surface area (Å²) >= 11 is 3.33. The lowest BCUT2D eigenvalue weighted by atomic mass is 10.2. The van der Waals surface area contributed by atoms with Crippen LogP contribution in [0.1, 0.15) is 21.7 Å². The third kappa shape index (κ3) is 3.08. The van der Waals surface area contributed by atoms with Crippen molar-refractivity contribution in [3.05, 3.63) is 56.0 Å². The maximum Gasteiger partial charge on any atom is 0.262 e. The van der Waals surface area contributed by atoms with E-state index in [1.807, 2.05) is 6.92 Å². The summed E-state index contributed by atoms with van der Waals surface area (Å²) in [5.74, 6) is -0.0684. The van der Waals surface area contributed by atoms with Gasteiger partial charge in [0.1, 0.15) is 11.4 Å². The minimum Gasteiger partial charge on any atom is -0.326 e. The Morgan fingerprint density at radius 2 is 2.00 bits per heavy atom. The van der Waals surface area contributed by atoms with E-state index in [1.165, 1.54) is 6.07 Å². The van der Waals surface area contributed by atoms with Crippen LogP contribution in [0.4, 0.5) is 5.82 Å². The zero-order chi connectivity index (χ0) is 14.0. The number of pyridine rings is 2. The predicted molar refractivity (Wildman–Crippen MR) is 76.4 cm³/mol. The Kier molecular flexibility index (Phi) is 3.80. The van der Waals surface area contributed by atoms with E-state index in [9.17, 15) is 9.59 Å². The van der Waals surface area contributed by atoms with Crippen molar-refractivity contribution in [2.75, 3.05) is 5.32 Å². The molecule has 1 amide bonds. The summed E-state index contributed by atoms with van der Waals surface area (Å²) in [5.41, 5.74) is 1.12. The number of H-pyrrole nitrogens is 1. The smallest absolute Gasteiger partial charge is 0.262 e. The summed E-state index contributed by atoms with van der Waals surface area (Å²) in [6.45, 7) is 3.57. The van der Waals surface area contributed by atoms with Gasteiger partial charge in [-0.25, -0.2) is 4.98 Å². The molecule has 0 aromatic carbocycles. The van der Waals surface area contributed by atoms with Crippen LogP contribution in [0, 0.1) is 13.8 Å². The van der Waals surface area contributed by atoms with Crippen LogP contribution < -0.4 is 10.9 Å². The Labute approximate surface area is 118 Å². The van der Waals surface area contributed by atoms with E-state index in [2.05, 4.69) is 31.2 Å². The molecule has 0 atom stereocenters. The van der Waals surface area contributed by atoms with Crippen LogP contribution in [0.5, 0.6) is 0 Å². The van der Waals surface area contributed by atoms with Crippen LogP contribution in [0.3, 0.4) is 0 Å². The zero-order valence-corrected chi connectivity index (χ0v) is 12.0. The number of carbonyl (C=O) groups excluding carboxylic acids is 1. The van der Waals surface area contributed by atoms with Crippen molar-refractivity contribution in [2.45, 2.75) is 13.8 Å². The van der Waals surface area contributed by atoms with Gasteiger partial charge in [-0.1, -0.05) is 0 Å². The molecule has 5 nitrogen and oxygen atoms in total. The Morgan fingerprint density at radius 1 is 1.26 bits per heavy atom. The molecule has 2 rings (SSSR count). The highest BCUT2D eigenvalue weighted by molar-refractivity contribution is 9.10. The van der Waals surface area contributed by atoms with E-state index in [0.29, 0.717) is 11.5 Å². The molecule has 0 unspecified atom stereocenters. The van der Waals surface area contributed by atoms with Crippen LogP contribution in [0.2, 0.25) is 0 Å². The molecule has 2 heterocycles. The standard InChI is InChI=1S/C13H12BrN3O2/c1-7-3-4-9(12(18)15-7)13(19)17-11-6-5-10(14)8(2)16-11/h3-6H,1-2H3,(H,15,18)(H,16,17,19). The van der Waals surface area contributed by atoms with Crippen molar-refractivity contribution in [1.29, 1.82) is 0 Å². The van der Waals surface area contributed by atoms with Crippen molar-refractivity contribution in [2.24, 2.45) is 0 Å². The van der Waals surface area contributed by atoms with Gasteiger partial charge in [0, 0.05) is 10.2 Å². The van der Waals surface area contributed by atoms with Crippen LogP contribution in [-0.2, 0) is 0 Å². The number of hydrogen-bond donors (Lipinski definition) is 2. The number of carbonyl (C=O) groups is 1. The Balaban J connectivity index is 2.25. The third-order valence-electron chi connectivity index (χ3n) is 2.56. The fraction of sp³-hybridized carbons (Fsp3) is 0.154. The molecule has 0 saturated carbocycles. The number of aryl methyl sites for hydroxylation is 2. The number of amides is 1. The fourth-order valence-electron chi connectivity index (χ4n) is 1.55. The van der Waals surface area contributed by atoms with Crippen LogP contribution in [-0.4, -0.2) is 15.9 Å². The van der Waals surface area contributed by atoms with E-state index in [1.54, 1.807) is 25.1 Å². The molecule has 2 aromatic heterocycles. The van der Waals surface area contributed by atoms with Crippen molar-refractivity contribution < 1.29 is 4.79 Å². The predicted octanol–water partition coefficient (Wildman–Crippen LogP) is 2.40. The molecular weight excluding hydrogens is 310 g/mol. The molecular formula is C13H12BrN3O2. The molecule has 0 spiro atoms. The first-order valence-electron chi connectivity index (χ1n) is 5.62. The fourth-order valence-corrected chi connectivity index (χ4v) is 1.77. The van der Waals surface area contributed by atoms with Gasteiger partial charge in [0.25, 0.3) is 11.5 Å². The normalized spacial score (nSPS) is 10.3. The quantitative estimate of drug-likeness (QED) is 0.891. The topological polar surface area (TPSA) is 74.8 Å². The van der Waals surface area contributed by atoms with Gasteiger partial charge in [-0.05, 0) is 54.0 Å². The lowest BCUT2D eigenvalue weighted by Crippen LogP contribution is -2.23. The highest BCUT2D eigenvalue weighted by Gasteiger charge is 2.11. The van der Waals surface area contributed by atoms with Gasteiger partial charge in [-0.2, -0.15) is 0 Å². The van der Waals surface area contributed by atoms with Gasteiger partial charge in [-0.15, -0.1) is 0 Å². The van der Waals surface area contributed by atoms with E-state index >= 15 is 0 Å². The van der Waals surface area contributed by atoms with E-state index in [0.717, 1.165) is 10.2 Å². The number of aromatic nitrogens is 2. The number of halogens is 1. The average Bonchev–Trinajstić information content (AvgIpc) is 2.33. The SMILES string of the molecule is Cc1ccc(C(=O)Nc2ccc(Br)c(C)n2)c(=O)[nH]1. The summed E-state index contributed by atoms with van der Waals surface area (Å²) in [4.78, 5) is 30.4. The second kappa shape index (κ2) is 5.36. The molecule has 0 bridgehead atoms. The van der Waals surface area contributed by atoms with E-state index in [4.69, 9.17) is 0 Å². The van der Waals surface area contributed by atoms with Crippen LogP contribution >= 0.6 is 15.9 Å². The zero-order valence-electron chi connectivity index (χ0n) is 10.5. The second-order valence-corrected chi connectivity index (χ2v) is 4.96. The van der Waals surface area contributed by atoms with Gasteiger partial charge >= 0.3 is 0 Å². The largest absolute Gasteiger partial charge is 0.326 e. The minimum absolute atomic E-state index is 0.0629. The first-order valence-corrected chi connectivity index (χ1v) is 6.41. The van der Waals surface area contributed by atoms with E-state index < -0.39 is 11.5 Å². The maximum atomic E-state index is 12.0. The number of nitrogens with one attached hydrogen (secondary N) is 2. The lowest BCUT2D eigenvalue weighted by Gasteiger charge is -2.06. The number of hydrogen-bond acceptors (Lipinski definition) is 3. The number of aromatic amines is 1. The van der Waals surface area contributed by atoms with Gasteiger partial charge < -0.3 is 10.3 Å². The first-order chi connectivity index (χ1) is 8.97. The summed E-state index contributed by atoms with van der Waals surface area (Å²) in [6, 6.07) is 6.63. The summed E-state index contributed by atoms with van der Waals surface area (Å²) < 4.78 is 0.860. The molecule has 0 fully saturated rings. The number of anilines is 1. The van der Waals surface area contributed by atoms with Gasteiger partial charge in [0.05, 0.1) is 5.69 Å².